The van der Waals surface area contributed by atoms with Crippen LogP contribution in [-0.2, 0) is 14.3 Å². The molecule has 7 heteroatoms. The number of aliphatic hydroxyl groups excluding tert-OH is 1. The minimum Gasteiger partial charge on any atom is -0.507 e. The van der Waals surface area contributed by atoms with Crippen molar-refractivity contribution in [1.29, 1.82) is 0 Å². The molecule has 3 heterocycles. The van der Waals surface area contributed by atoms with Crippen molar-refractivity contribution in [1.82, 2.24) is 14.8 Å². The molecule has 0 radical (unpaired) electrons. The summed E-state index contributed by atoms with van der Waals surface area (Å²) in [4.78, 5) is 34.1. The Morgan fingerprint density at radius 2 is 1.73 bits per heavy atom. The molecular formula is C26H31N3O4. The molecule has 0 bridgehead atoms. The molecule has 2 aliphatic rings. The zero-order chi connectivity index (χ0) is 23.4. The standard InChI is InChI=1S/C26H31N3O4/c1-18(2)19-4-6-20(7-5-19)23-22(24(30)21-8-10-27-11-9-21)25(31)26(32)29(23)13-3-12-28-14-16-33-17-15-28/h4-11,18,23,30H,3,12-17H2,1-2H3/t23-/m0/s1. The van der Waals surface area contributed by atoms with Crippen LogP contribution < -0.4 is 0 Å². The molecule has 0 saturated carbocycles. The number of ketones is 1. The van der Waals surface area contributed by atoms with Crippen LogP contribution in [0, 0.1) is 0 Å². The first-order valence-electron chi connectivity index (χ1n) is 11.6. The number of benzene rings is 1. The van der Waals surface area contributed by atoms with Gasteiger partial charge >= 0.3 is 0 Å². The Morgan fingerprint density at radius 1 is 1.06 bits per heavy atom. The number of carbonyl (C=O) groups excluding carboxylic acids is 2. The Kier molecular flexibility index (Phi) is 7.20. The number of hydrogen-bond donors (Lipinski definition) is 1. The molecule has 33 heavy (non-hydrogen) atoms. The fraction of sp³-hybridized carbons (Fsp3) is 0.423. The maximum atomic E-state index is 13.1. The topological polar surface area (TPSA) is 83.0 Å². The van der Waals surface area contributed by atoms with Crippen LogP contribution in [0.25, 0.3) is 5.76 Å². The van der Waals surface area contributed by atoms with E-state index in [0.29, 0.717) is 18.0 Å². The van der Waals surface area contributed by atoms with Crippen molar-refractivity contribution >= 4 is 17.4 Å². The number of rotatable bonds is 7. The molecule has 1 N–H and O–H groups in total. The van der Waals surface area contributed by atoms with Gasteiger partial charge in [-0.2, -0.15) is 0 Å². The second-order valence-electron chi connectivity index (χ2n) is 8.86. The molecule has 1 amide bonds. The van der Waals surface area contributed by atoms with Crippen molar-refractivity contribution in [2.24, 2.45) is 0 Å². The Hall–Kier alpha value is -3.03. The van der Waals surface area contributed by atoms with Crippen LogP contribution in [0.15, 0.2) is 54.4 Å². The molecule has 1 aromatic heterocycles. The van der Waals surface area contributed by atoms with E-state index in [0.717, 1.165) is 44.8 Å². The van der Waals surface area contributed by atoms with Crippen molar-refractivity contribution in [3.63, 3.8) is 0 Å². The Balaban J connectivity index is 1.66. The summed E-state index contributed by atoms with van der Waals surface area (Å²) in [5.74, 6) is -1.00. The third-order valence-corrected chi connectivity index (χ3v) is 6.39. The highest BCUT2D eigenvalue weighted by Gasteiger charge is 2.45. The third-order valence-electron chi connectivity index (χ3n) is 6.39. The smallest absolute Gasteiger partial charge is 0.295 e. The van der Waals surface area contributed by atoms with Gasteiger partial charge in [0.15, 0.2) is 0 Å². The highest BCUT2D eigenvalue weighted by molar-refractivity contribution is 6.46. The third kappa shape index (κ3) is 4.99. The number of morpholine rings is 1. The van der Waals surface area contributed by atoms with Crippen molar-refractivity contribution < 1.29 is 19.4 Å². The Labute approximate surface area is 194 Å². The van der Waals surface area contributed by atoms with E-state index in [1.54, 1.807) is 29.4 Å². The molecule has 7 nitrogen and oxygen atoms in total. The SMILES string of the molecule is CC(C)c1ccc([C@H]2C(=C(O)c3ccncc3)C(=O)C(=O)N2CCCN2CCOCC2)cc1. The van der Waals surface area contributed by atoms with Gasteiger partial charge in [-0.25, -0.2) is 0 Å². The summed E-state index contributed by atoms with van der Waals surface area (Å²) >= 11 is 0. The number of aliphatic hydroxyl groups is 1. The van der Waals surface area contributed by atoms with Gasteiger partial charge in [0.2, 0.25) is 0 Å². The number of hydrogen-bond acceptors (Lipinski definition) is 6. The van der Waals surface area contributed by atoms with Gasteiger partial charge in [-0.15, -0.1) is 0 Å². The van der Waals surface area contributed by atoms with E-state index < -0.39 is 17.7 Å². The zero-order valence-corrected chi connectivity index (χ0v) is 19.2. The highest BCUT2D eigenvalue weighted by Crippen LogP contribution is 2.39. The maximum Gasteiger partial charge on any atom is 0.295 e. The van der Waals surface area contributed by atoms with Crippen molar-refractivity contribution in [2.75, 3.05) is 39.4 Å². The molecule has 0 unspecified atom stereocenters. The van der Waals surface area contributed by atoms with Gasteiger partial charge in [-0.3, -0.25) is 19.5 Å². The summed E-state index contributed by atoms with van der Waals surface area (Å²) in [6, 6.07) is 10.6. The lowest BCUT2D eigenvalue weighted by Crippen LogP contribution is -2.38. The predicted molar refractivity (Wildman–Crippen MR) is 126 cm³/mol. The van der Waals surface area contributed by atoms with E-state index in [4.69, 9.17) is 4.74 Å². The van der Waals surface area contributed by atoms with Crippen LogP contribution in [-0.4, -0.2) is 71.0 Å². The minimum atomic E-state index is -0.645. The van der Waals surface area contributed by atoms with Gasteiger partial charge in [-0.1, -0.05) is 38.1 Å². The fourth-order valence-electron chi connectivity index (χ4n) is 4.48. The first-order chi connectivity index (χ1) is 16.0. The molecule has 0 aliphatic carbocycles. The number of carbonyl (C=O) groups is 2. The summed E-state index contributed by atoms with van der Waals surface area (Å²) in [5, 5.41) is 11.1. The fourth-order valence-corrected chi connectivity index (χ4v) is 4.48. The molecule has 2 saturated heterocycles. The lowest BCUT2D eigenvalue weighted by Gasteiger charge is -2.29. The monoisotopic (exact) mass is 449 g/mol. The molecule has 0 spiro atoms. The Morgan fingerprint density at radius 3 is 2.36 bits per heavy atom. The molecule has 2 fully saturated rings. The minimum absolute atomic E-state index is 0.134. The van der Waals surface area contributed by atoms with Crippen LogP contribution >= 0.6 is 0 Å². The summed E-state index contributed by atoms with van der Waals surface area (Å²) in [5.41, 5.74) is 2.60. The quantitative estimate of drug-likeness (QED) is 0.397. The van der Waals surface area contributed by atoms with Crippen molar-refractivity contribution in [2.45, 2.75) is 32.2 Å². The van der Waals surface area contributed by atoms with Gasteiger partial charge in [0.1, 0.15) is 5.76 Å². The first kappa shape index (κ1) is 23.1. The molecule has 2 aliphatic heterocycles. The van der Waals surface area contributed by atoms with Gasteiger partial charge in [0, 0.05) is 44.1 Å². The van der Waals surface area contributed by atoms with Crippen molar-refractivity contribution in [3.05, 3.63) is 71.1 Å². The summed E-state index contributed by atoms with van der Waals surface area (Å²) in [6.07, 6.45) is 3.85. The van der Waals surface area contributed by atoms with Crippen LogP contribution in [0.1, 0.15) is 48.9 Å². The summed E-state index contributed by atoms with van der Waals surface area (Å²) in [7, 11) is 0. The van der Waals surface area contributed by atoms with Gasteiger partial charge in [0.25, 0.3) is 11.7 Å². The number of amides is 1. The van der Waals surface area contributed by atoms with Crippen LogP contribution in [0.5, 0.6) is 0 Å². The van der Waals surface area contributed by atoms with Crippen LogP contribution in [0.4, 0.5) is 0 Å². The second-order valence-corrected chi connectivity index (χ2v) is 8.86. The van der Waals surface area contributed by atoms with E-state index >= 15 is 0 Å². The number of likely N-dealkylation sites (tertiary alicyclic amines) is 1. The average molecular weight is 450 g/mol. The van der Waals surface area contributed by atoms with Gasteiger partial charge in [-0.05, 0) is 35.6 Å². The lowest BCUT2D eigenvalue weighted by atomic mass is 9.93. The lowest BCUT2D eigenvalue weighted by molar-refractivity contribution is -0.140. The summed E-state index contributed by atoms with van der Waals surface area (Å²) in [6.45, 7) is 8.70. The highest BCUT2D eigenvalue weighted by atomic mass is 16.5. The van der Waals surface area contributed by atoms with E-state index in [2.05, 4.69) is 23.7 Å². The normalized spacial score (nSPS) is 21.2. The number of Topliss-reactive ketones (excluding diaryl/α,β-unsaturated/α-hetero) is 1. The number of nitrogens with zero attached hydrogens (tertiary/aromatic N) is 3. The summed E-state index contributed by atoms with van der Waals surface area (Å²) < 4.78 is 5.41. The van der Waals surface area contributed by atoms with Crippen LogP contribution in [0.3, 0.4) is 0 Å². The van der Waals surface area contributed by atoms with Crippen LogP contribution in [0.2, 0.25) is 0 Å². The molecular weight excluding hydrogens is 418 g/mol. The number of ether oxygens (including phenoxy) is 1. The zero-order valence-electron chi connectivity index (χ0n) is 19.2. The first-order valence-corrected chi connectivity index (χ1v) is 11.6. The number of pyridine rings is 1. The maximum absolute atomic E-state index is 13.1. The second kappa shape index (κ2) is 10.3. The van der Waals surface area contributed by atoms with Crippen molar-refractivity contribution in [3.8, 4) is 0 Å². The van der Waals surface area contributed by atoms with E-state index in [1.807, 2.05) is 24.3 Å². The van der Waals surface area contributed by atoms with E-state index in [9.17, 15) is 14.7 Å². The van der Waals surface area contributed by atoms with E-state index in [-0.39, 0.29) is 11.3 Å². The molecule has 4 rings (SSSR count). The van der Waals surface area contributed by atoms with Gasteiger partial charge in [0.05, 0.1) is 24.8 Å². The van der Waals surface area contributed by atoms with E-state index in [1.165, 1.54) is 5.56 Å². The predicted octanol–water partition coefficient (Wildman–Crippen LogP) is 3.35. The van der Waals surface area contributed by atoms with Gasteiger partial charge < -0.3 is 14.7 Å². The molecule has 1 aromatic carbocycles. The molecule has 1 atom stereocenters. The largest absolute Gasteiger partial charge is 0.507 e. The number of aromatic nitrogens is 1. The molecule has 174 valence electrons. The Bertz CT molecular complexity index is 1010. The molecule has 2 aromatic rings. The average Bonchev–Trinajstić information content (AvgIpc) is 3.10.